The van der Waals surface area contributed by atoms with E-state index >= 15 is 0 Å². The highest BCUT2D eigenvalue weighted by Crippen LogP contribution is 2.28. The lowest BCUT2D eigenvalue weighted by atomic mass is 10.3. The van der Waals surface area contributed by atoms with Crippen molar-refractivity contribution in [2.45, 2.75) is 19.9 Å². The fraction of sp³-hybridized carbons (Fsp3) is 0.308. The van der Waals surface area contributed by atoms with Crippen LogP contribution in [0.3, 0.4) is 0 Å². The second-order valence-corrected chi connectivity index (χ2v) is 4.95. The van der Waals surface area contributed by atoms with E-state index in [1.54, 1.807) is 11.3 Å². The quantitative estimate of drug-likeness (QED) is 0.862. The van der Waals surface area contributed by atoms with Gasteiger partial charge in [0.1, 0.15) is 5.75 Å². The van der Waals surface area contributed by atoms with Gasteiger partial charge in [-0.25, -0.2) is 4.98 Å². The van der Waals surface area contributed by atoms with Gasteiger partial charge in [0.05, 0.1) is 29.4 Å². The highest BCUT2D eigenvalue weighted by molar-refractivity contribution is 7.07. The summed E-state index contributed by atoms with van der Waals surface area (Å²) in [5.41, 5.74) is 3.82. The molecule has 96 valence electrons. The molecule has 0 bridgehead atoms. The van der Waals surface area contributed by atoms with Gasteiger partial charge in [0.2, 0.25) is 0 Å². The van der Waals surface area contributed by atoms with Crippen molar-refractivity contribution in [2.24, 2.45) is 0 Å². The van der Waals surface area contributed by atoms with E-state index in [0.717, 1.165) is 23.6 Å². The summed E-state index contributed by atoms with van der Waals surface area (Å²) in [6, 6.07) is 5.73. The van der Waals surface area contributed by atoms with Gasteiger partial charge in [0.25, 0.3) is 0 Å². The Balaban J connectivity index is 1.95. The molecule has 1 heterocycles. The Kier molecular flexibility index (Phi) is 4.84. The van der Waals surface area contributed by atoms with Gasteiger partial charge in [0.15, 0.2) is 0 Å². The molecule has 3 nitrogen and oxygen atoms in total. The molecule has 2 rings (SSSR count). The number of benzene rings is 1. The minimum Gasteiger partial charge on any atom is -0.492 e. The summed E-state index contributed by atoms with van der Waals surface area (Å²) in [4.78, 5) is 4.21. The van der Waals surface area contributed by atoms with Gasteiger partial charge in [-0.2, -0.15) is 0 Å². The largest absolute Gasteiger partial charge is 0.492 e. The Morgan fingerprint density at radius 3 is 3.00 bits per heavy atom. The molecule has 1 aromatic heterocycles. The van der Waals surface area contributed by atoms with Gasteiger partial charge in [-0.1, -0.05) is 18.5 Å². The SMILES string of the molecule is CCCOc1ccc(NCc2cscn2)cc1Cl. The van der Waals surface area contributed by atoms with E-state index in [0.29, 0.717) is 18.2 Å². The Morgan fingerprint density at radius 2 is 2.33 bits per heavy atom. The lowest BCUT2D eigenvalue weighted by Gasteiger charge is -2.09. The van der Waals surface area contributed by atoms with Gasteiger partial charge >= 0.3 is 0 Å². The van der Waals surface area contributed by atoms with Gasteiger partial charge in [-0.05, 0) is 24.6 Å². The van der Waals surface area contributed by atoms with Gasteiger partial charge in [0, 0.05) is 11.1 Å². The summed E-state index contributed by atoms with van der Waals surface area (Å²) in [7, 11) is 0. The Morgan fingerprint density at radius 1 is 1.44 bits per heavy atom. The van der Waals surface area contributed by atoms with Crippen LogP contribution in [0.1, 0.15) is 19.0 Å². The number of thiazole rings is 1. The molecule has 0 atom stereocenters. The van der Waals surface area contributed by atoms with Gasteiger partial charge in [-0.3, -0.25) is 0 Å². The minimum atomic E-state index is 0.631. The average Bonchev–Trinajstić information content (AvgIpc) is 2.88. The minimum absolute atomic E-state index is 0.631. The van der Waals surface area contributed by atoms with E-state index in [2.05, 4.69) is 17.2 Å². The molecular weight excluding hydrogens is 268 g/mol. The van der Waals surface area contributed by atoms with Crippen LogP contribution in [0.2, 0.25) is 5.02 Å². The van der Waals surface area contributed by atoms with Gasteiger partial charge in [-0.15, -0.1) is 11.3 Å². The number of ether oxygens (including phenoxy) is 1. The van der Waals surface area contributed by atoms with Crippen LogP contribution in [0.25, 0.3) is 0 Å². The summed E-state index contributed by atoms with van der Waals surface area (Å²) in [5.74, 6) is 0.734. The van der Waals surface area contributed by atoms with E-state index < -0.39 is 0 Å². The summed E-state index contributed by atoms with van der Waals surface area (Å²) < 4.78 is 5.52. The number of anilines is 1. The summed E-state index contributed by atoms with van der Waals surface area (Å²) in [5, 5.41) is 5.93. The van der Waals surface area contributed by atoms with Crippen molar-refractivity contribution < 1.29 is 4.74 Å². The maximum Gasteiger partial charge on any atom is 0.138 e. The van der Waals surface area contributed by atoms with Gasteiger partial charge < -0.3 is 10.1 Å². The fourth-order valence-electron chi connectivity index (χ4n) is 1.46. The number of hydrogen-bond donors (Lipinski definition) is 1. The third-order valence-corrected chi connectivity index (χ3v) is 3.28. The Hall–Kier alpha value is -1.26. The van der Waals surface area contributed by atoms with E-state index in [4.69, 9.17) is 16.3 Å². The molecule has 0 unspecified atom stereocenters. The first-order chi connectivity index (χ1) is 8.79. The molecule has 5 heteroatoms. The molecule has 0 aliphatic heterocycles. The number of halogens is 1. The first-order valence-corrected chi connectivity index (χ1v) is 7.15. The van der Waals surface area contributed by atoms with Crippen molar-refractivity contribution in [1.29, 1.82) is 0 Å². The predicted molar refractivity (Wildman–Crippen MR) is 76.7 cm³/mol. The Bertz CT molecular complexity index is 488. The lowest BCUT2D eigenvalue weighted by molar-refractivity contribution is 0.317. The molecule has 0 radical (unpaired) electrons. The molecule has 0 aliphatic carbocycles. The molecule has 0 fully saturated rings. The molecule has 0 saturated heterocycles. The molecular formula is C13H15ClN2OS. The van der Waals surface area contributed by atoms with Crippen molar-refractivity contribution >= 4 is 28.6 Å². The first kappa shape index (κ1) is 13.2. The smallest absolute Gasteiger partial charge is 0.138 e. The zero-order valence-corrected chi connectivity index (χ0v) is 11.7. The summed E-state index contributed by atoms with van der Waals surface area (Å²) >= 11 is 7.74. The topological polar surface area (TPSA) is 34.1 Å². The van der Waals surface area contributed by atoms with Crippen molar-refractivity contribution in [1.82, 2.24) is 4.98 Å². The van der Waals surface area contributed by atoms with E-state index in [1.165, 1.54) is 0 Å². The van der Waals surface area contributed by atoms with Crippen molar-refractivity contribution in [3.8, 4) is 5.75 Å². The normalized spacial score (nSPS) is 10.3. The first-order valence-electron chi connectivity index (χ1n) is 5.83. The fourth-order valence-corrected chi connectivity index (χ4v) is 2.25. The number of hydrogen-bond acceptors (Lipinski definition) is 4. The molecule has 1 N–H and O–H groups in total. The molecule has 0 aliphatic rings. The highest BCUT2D eigenvalue weighted by Gasteiger charge is 2.03. The molecule has 0 spiro atoms. The van der Waals surface area contributed by atoms with Crippen LogP contribution in [0, 0.1) is 0 Å². The summed E-state index contributed by atoms with van der Waals surface area (Å²) in [6.07, 6.45) is 0.972. The standard InChI is InChI=1S/C13H15ClN2OS/c1-2-5-17-13-4-3-10(6-12(13)14)15-7-11-8-18-9-16-11/h3-4,6,8-9,15H,2,5,7H2,1H3. The van der Waals surface area contributed by atoms with E-state index in [1.807, 2.05) is 29.1 Å². The third kappa shape index (κ3) is 3.62. The second-order valence-electron chi connectivity index (χ2n) is 3.83. The monoisotopic (exact) mass is 282 g/mol. The predicted octanol–water partition coefficient (Wildman–Crippen LogP) is 4.20. The number of nitrogens with one attached hydrogen (secondary N) is 1. The Labute approximate surface area is 116 Å². The maximum absolute atomic E-state index is 6.15. The van der Waals surface area contributed by atoms with Crippen LogP contribution in [0.5, 0.6) is 5.75 Å². The van der Waals surface area contributed by atoms with Crippen molar-refractivity contribution in [3.05, 3.63) is 39.8 Å². The van der Waals surface area contributed by atoms with Crippen LogP contribution in [0.15, 0.2) is 29.1 Å². The average molecular weight is 283 g/mol. The van der Waals surface area contributed by atoms with Crippen molar-refractivity contribution in [3.63, 3.8) is 0 Å². The number of aromatic nitrogens is 1. The zero-order chi connectivity index (χ0) is 12.8. The lowest BCUT2D eigenvalue weighted by Crippen LogP contribution is -2.00. The van der Waals surface area contributed by atoms with Crippen LogP contribution in [0.4, 0.5) is 5.69 Å². The van der Waals surface area contributed by atoms with E-state index in [9.17, 15) is 0 Å². The van der Waals surface area contributed by atoms with Crippen LogP contribution in [-0.2, 0) is 6.54 Å². The molecule has 0 amide bonds. The maximum atomic E-state index is 6.15. The molecule has 2 aromatic rings. The van der Waals surface area contributed by atoms with Crippen molar-refractivity contribution in [2.75, 3.05) is 11.9 Å². The molecule has 0 saturated carbocycles. The van der Waals surface area contributed by atoms with Crippen LogP contribution in [-0.4, -0.2) is 11.6 Å². The van der Waals surface area contributed by atoms with Crippen LogP contribution < -0.4 is 10.1 Å². The highest BCUT2D eigenvalue weighted by atomic mass is 35.5. The third-order valence-electron chi connectivity index (χ3n) is 2.35. The zero-order valence-electron chi connectivity index (χ0n) is 10.1. The van der Waals surface area contributed by atoms with Crippen LogP contribution >= 0.6 is 22.9 Å². The molecule has 1 aromatic carbocycles. The second kappa shape index (κ2) is 6.61. The summed E-state index contributed by atoms with van der Waals surface area (Å²) in [6.45, 7) is 3.46. The van der Waals surface area contributed by atoms with E-state index in [-0.39, 0.29) is 0 Å². The number of rotatable bonds is 6. The molecule has 18 heavy (non-hydrogen) atoms. The number of nitrogens with zero attached hydrogens (tertiary/aromatic N) is 1.